The predicted octanol–water partition coefficient (Wildman–Crippen LogP) is 6.90. The highest BCUT2D eigenvalue weighted by atomic mass is 16.5. The molecule has 0 radical (unpaired) electrons. The molecule has 2 heterocycles. The Labute approximate surface area is 229 Å². The van der Waals surface area contributed by atoms with E-state index in [9.17, 15) is 0 Å². The summed E-state index contributed by atoms with van der Waals surface area (Å²) in [6, 6.07) is 34.6. The van der Waals surface area contributed by atoms with E-state index in [2.05, 4.69) is 84.9 Å². The van der Waals surface area contributed by atoms with Crippen LogP contribution in [-0.2, 0) is 27.7 Å². The van der Waals surface area contributed by atoms with Crippen LogP contribution in [0, 0.1) is 0 Å². The van der Waals surface area contributed by atoms with Crippen molar-refractivity contribution >= 4 is 11.8 Å². The normalized spacial score (nSPS) is 24.6. The first-order valence-corrected chi connectivity index (χ1v) is 14.1. The van der Waals surface area contributed by atoms with E-state index >= 15 is 0 Å². The SMILES string of the molecule is c1ccc([C@H]2COC(c3ccc4c(c3)C3(CC4)CCc4ccc(C5=NC[C@H](c6ccccc6)O5)cc43)=N2)cc1. The van der Waals surface area contributed by atoms with Crippen LogP contribution in [0.3, 0.4) is 0 Å². The number of aliphatic imine (C=N–C) groups is 2. The Hall–Kier alpha value is -4.18. The van der Waals surface area contributed by atoms with Crippen LogP contribution < -0.4 is 0 Å². The summed E-state index contributed by atoms with van der Waals surface area (Å²) in [4.78, 5) is 9.78. The van der Waals surface area contributed by atoms with Crippen LogP contribution in [-0.4, -0.2) is 24.9 Å². The van der Waals surface area contributed by atoms with E-state index in [-0.39, 0.29) is 17.6 Å². The topological polar surface area (TPSA) is 43.2 Å². The Morgan fingerprint density at radius 1 is 0.667 bits per heavy atom. The molecule has 192 valence electrons. The lowest BCUT2D eigenvalue weighted by Gasteiger charge is -2.27. The second-order valence-electron chi connectivity index (χ2n) is 11.2. The summed E-state index contributed by atoms with van der Waals surface area (Å²) in [5.41, 5.74) is 10.4. The van der Waals surface area contributed by atoms with Gasteiger partial charge in [0.15, 0.2) is 0 Å². The monoisotopic (exact) mass is 510 g/mol. The Morgan fingerprint density at radius 3 is 1.95 bits per heavy atom. The molecule has 3 atom stereocenters. The summed E-state index contributed by atoms with van der Waals surface area (Å²) in [6.07, 6.45) is 4.48. The number of fused-ring (bicyclic) bond motifs is 4. The molecule has 2 aliphatic heterocycles. The molecule has 4 nitrogen and oxygen atoms in total. The average Bonchev–Trinajstić information content (AvgIpc) is 3.81. The average molecular weight is 511 g/mol. The minimum Gasteiger partial charge on any atom is -0.475 e. The van der Waals surface area contributed by atoms with Crippen molar-refractivity contribution < 1.29 is 9.47 Å². The van der Waals surface area contributed by atoms with Gasteiger partial charge in [0.25, 0.3) is 0 Å². The first-order valence-electron chi connectivity index (χ1n) is 14.1. The standard InChI is InChI=1S/C35H30N2O2/c1-3-7-25(8-4-1)31-22-38-34(37-31)28-14-12-24-16-18-35(30(24)20-28)17-15-23-11-13-27(19-29(23)35)33-36-21-32(39-33)26-9-5-2-6-10-26/h1-14,19-20,31-32H,15-18,21-22H2/t31-,32-,35?/m1/s1. The molecule has 0 saturated carbocycles. The van der Waals surface area contributed by atoms with Crippen LogP contribution in [0.2, 0.25) is 0 Å². The molecule has 39 heavy (non-hydrogen) atoms. The highest BCUT2D eigenvalue weighted by Crippen LogP contribution is 2.53. The van der Waals surface area contributed by atoms with Crippen LogP contribution in [0.4, 0.5) is 0 Å². The molecule has 1 unspecified atom stereocenters. The van der Waals surface area contributed by atoms with Gasteiger partial charge in [-0.2, -0.15) is 0 Å². The third kappa shape index (κ3) is 3.73. The fourth-order valence-corrected chi connectivity index (χ4v) is 7.00. The van der Waals surface area contributed by atoms with Gasteiger partial charge in [0.05, 0.1) is 6.54 Å². The van der Waals surface area contributed by atoms with Gasteiger partial charge in [0.1, 0.15) is 18.8 Å². The van der Waals surface area contributed by atoms with E-state index in [1.807, 2.05) is 12.1 Å². The second kappa shape index (κ2) is 8.94. The van der Waals surface area contributed by atoms with Crippen LogP contribution in [0.25, 0.3) is 0 Å². The summed E-state index contributed by atoms with van der Waals surface area (Å²) >= 11 is 0. The zero-order valence-corrected chi connectivity index (χ0v) is 21.8. The van der Waals surface area contributed by atoms with Gasteiger partial charge in [-0.05, 0) is 83.3 Å². The van der Waals surface area contributed by atoms with Crippen molar-refractivity contribution in [3.8, 4) is 0 Å². The molecule has 0 saturated heterocycles. The predicted molar refractivity (Wildman–Crippen MR) is 154 cm³/mol. The lowest BCUT2D eigenvalue weighted by atomic mass is 9.76. The molecule has 8 rings (SSSR count). The van der Waals surface area contributed by atoms with E-state index in [0.717, 1.165) is 48.6 Å². The van der Waals surface area contributed by atoms with Gasteiger partial charge < -0.3 is 9.47 Å². The minimum atomic E-state index is -0.00919. The second-order valence-corrected chi connectivity index (χ2v) is 11.2. The highest BCUT2D eigenvalue weighted by molar-refractivity contribution is 5.96. The molecule has 0 bridgehead atoms. The summed E-state index contributed by atoms with van der Waals surface area (Å²) in [6.45, 7) is 1.26. The fraction of sp³-hybridized carbons (Fsp3) is 0.257. The van der Waals surface area contributed by atoms with Crippen molar-refractivity contribution in [1.82, 2.24) is 0 Å². The molecule has 0 N–H and O–H groups in total. The minimum absolute atomic E-state index is 0.00919. The van der Waals surface area contributed by atoms with Crippen molar-refractivity contribution in [3.63, 3.8) is 0 Å². The van der Waals surface area contributed by atoms with Gasteiger partial charge in [0.2, 0.25) is 11.8 Å². The van der Waals surface area contributed by atoms with Gasteiger partial charge in [-0.15, -0.1) is 0 Å². The van der Waals surface area contributed by atoms with Gasteiger partial charge >= 0.3 is 0 Å². The van der Waals surface area contributed by atoms with Crippen molar-refractivity contribution in [1.29, 1.82) is 0 Å². The molecule has 0 amide bonds. The quantitative estimate of drug-likeness (QED) is 0.300. The first-order chi connectivity index (χ1) is 19.3. The van der Waals surface area contributed by atoms with Crippen LogP contribution in [0.5, 0.6) is 0 Å². The molecule has 4 aliphatic rings. The number of hydrogen-bond acceptors (Lipinski definition) is 4. The Bertz CT molecular complexity index is 1620. The maximum absolute atomic E-state index is 6.36. The van der Waals surface area contributed by atoms with Crippen LogP contribution in [0.15, 0.2) is 107 Å². The lowest BCUT2D eigenvalue weighted by Crippen LogP contribution is -2.22. The number of benzene rings is 4. The Kier molecular flexibility index (Phi) is 5.22. The smallest absolute Gasteiger partial charge is 0.216 e. The number of hydrogen-bond donors (Lipinski definition) is 0. The maximum atomic E-state index is 6.36. The molecular formula is C35H30N2O2. The lowest BCUT2D eigenvalue weighted by molar-refractivity contribution is 0.230. The molecule has 0 fully saturated rings. The van der Waals surface area contributed by atoms with E-state index in [1.54, 1.807) is 0 Å². The zero-order chi connectivity index (χ0) is 25.8. The van der Waals surface area contributed by atoms with Crippen molar-refractivity contribution in [3.05, 3.63) is 142 Å². The maximum Gasteiger partial charge on any atom is 0.216 e. The van der Waals surface area contributed by atoms with E-state index in [1.165, 1.54) is 33.4 Å². The third-order valence-corrected chi connectivity index (χ3v) is 9.05. The van der Waals surface area contributed by atoms with Gasteiger partial charge in [0, 0.05) is 16.5 Å². The van der Waals surface area contributed by atoms with Crippen molar-refractivity contribution in [2.45, 2.75) is 43.2 Å². The van der Waals surface area contributed by atoms with Gasteiger partial charge in [-0.1, -0.05) is 72.8 Å². The summed E-state index contributed by atoms with van der Waals surface area (Å²) in [7, 11) is 0. The molecule has 4 aromatic carbocycles. The van der Waals surface area contributed by atoms with Crippen molar-refractivity contribution in [2.24, 2.45) is 9.98 Å². The Morgan fingerprint density at radius 2 is 1.28 bits per heavy atom. The van der Waals surface area contributed by atoms with Gasteiger partial charge in [-0.25, -0.2) is 9.98 Å². The van der Waals surface area contributed by atoms with Gasteiger partial charge in [-0.3, -0.25) is 0 Å². The number of aryl methyl sites for hydroxylation is 2. The van der Waals surface area contributed by atoms with Crippen molar-refractivity contribution in [2.75, 3.05) is 13.2 Å². The summed E-state index contributed by atoms with van der Waals surface area (Å²) in [5.74, 6) is 1.53. The molecule has 2 aliphatic carbocycles. The van der Waals surface area contributed by atoms with E-state index in [4.69, 9.17) is 19.5 Å². The fourth-order valence-electron chi connectivity index (χ4n) is 7.00. The summed E-state index contributed by atoms with van der Waals surface area (Å²) < 4.78 is 12.5. The third-order valence-electron chi connectivity index (χ3n) is 9.05. The molecule has 4 aromatic rings. The molecule has 4 heteroatoms. The number of rotatable bonds is 4. The summed E-state index contributed by atoms with van der Waals surface area (Å²) in [5, 5.41) is 0. The molecular weight excluding hydrogens is 480 g/mol. The zero-order valence-electron chi connectivity index (χ0n) is 21.8. The van der Waals surface area contributed by atoms with E-state index in [0.29, 0.717) is 13.2 Å². The van der Waals surface area contributed by atoms with E-state index < -0.39 is 0 Å². The van der Waals surface area contributed by atoms with Crippen LogP contribution >= 0.6 is 0 Å². The molecule has 0 aromatic heterocycles. The first kappa shape index (κ1) is 22.8. The highest BCUT2D eigenvalue weighted by Gasteiger charge is 2.45. The number of nitrogens with zero attached hydrogens (tertiary/aromatic N) is 2. The number of ether oxygens (including phenoxy) is 2. The Balaban J connectivity index is 1.11. The van der Waals surface area contributed by atoms with Crippen LogP contribution in [0.1, 0.15) is 69.5 Å². The molecule has 1 spiro atoms. The largest absolute Gasteiger partial charge is 0.475 e.